The van der Waals surface area contributed by atoms with Crippen LogP contribution in [-0.2, 0) is 6.42 Å². The second-order valence-electron chi connectivity index (χ2n) is 5.25. The summed E-state index contributed by atoms with van der Waals surface area (Å²) in [5.74, 6) is 0.525. The number of carbonyl (C=O) groups excluding carboxylic acids is 1. The van der Waals surface area contributed by atoms with Gasteiger partial charge in [-0.25, -0.2) is 0 Å². The predicted molar refractivity (Wildman–Crippen MR) is 87.6 cm³/mol. The Bertz CT molecular complexity index is 635. The molecule has 0 saturated heterocycles. The van der Waals surface area contributed by atoms with E-state index in [1.54, 1.807) is 12.1 Å². The van der Waals surface area contributed by atoms with Gasteiger partial charge in [-0.1, -0.05) is 59.6 Å². The SMILES string of the molecule is CC(C)Cc1cccc(C(=O)c2cc(Br)ccc2Cl)c1. The third-order valence-corrected chi connectivity index (χ3v) is 3.83. The molecule has 0 radical (unpaired) electrons. The van der Waals surface area contributed by atoms with Crippen molar-refractivity contribution in [2.45, 2.75) is 20.3 Å². The zero-order valence-electron chi connectivity index (χ0n) is 11.5. The van der Waals surface area contributed by atoms with Crippen LogP contribution in [0.15, 0.2) is 46.9 Å². The molecule has 0 saturated carbocycles. The van der Waals surface area contributed by atoms with E-state index in [1.807, 2.05) is 24.3 Å². The Kier molecular flexibility index (Phi) is 5.00. The summed E-state index contributed by atoms with van der Waals surface area (Å²) in [5, 5.41) is 0.479. The molecule has 104 valence electrons. The first-order chi connectivity index (χ1) is 9.47. The summed E-state index contributed by atoms with van der Waals surface area (Å²) in [6.45, 7) is 4.33. The molecule has 2 aromatic carbocycles. The fraction of sp³-hybridized carbons (Fsp3) is 0.235. The molecule has 0 aliphatic carbocycles. The van der Waals surface area contributed by atoms with E-state index in [0.29, 0.717) is 22.1 Å². The van der Waals surface area contributed by atoms with E-state index >= 15 is 0 Å². The third kappa shape index (κ3) is 3.71. The van der Waals surface area contributed by atoms with E-state index in [4.69, 9.17) is 11.6 Å². The first kappa shape index (κ1) is 15.3. The van der Waals surface area contributed by atoms with Crippen LogP contribution in [0.25, 0.3) is 0 Å². The molecule has 2 rings (SSSR count). The molecule has 0 aromatic heterocycles. The number of benzene rings is 2. The quantitative estimate of drug-likeness (QED) is 0.662. The summed E-state index contributed by atoms with van der Waals surface area (Å²) in [6, 6.07) is 13.1. The number of rotatable bonds is 4. The molecule has 0 unspecified atom stereocenters. The Morgan fingerprint density at radius 1 is 1.20 bits per heavy atom. The molecule has 0 fully saturated rings. The minimum Gasteiger partial charge on any atom is -0.289 e. The predicted octanol–water partition coefficient (Wildman–Crippen LogP) is 5.53. The minimum absolute atomic E-state index is 0.0399. The first-order valence-corrected chi connectivity index (χ1v) is 7.73. The Labute approximate surface area is 133 Å². The van der Waals surface area contributed by atoms with Gasteiger partial charge in [-0.15, -0.1) is 0 Å². The summed E-state index contributed by atoms with van der Waals surface area (Å²) in [6.07, 6.45) is 0.966. The molecule has 20 heavy (non-hydrogen) atoms. The highest BCUT2D eigenvalue weighted by atomic mass is 79.9. The molecular formula is C17H16BrClO. The highest BCUT2D eigenvalue weighted by Crippen LogP contribution is 2.24. The van der Waals surface area contributed by atoms with Gasteiger partial charge in [0.25, 0.3) is 0 Å². The Hall–Kier alpha value is -1.12. The van der Waals surface area contributed by atoms with Crippen LogP contribution in [-0.4, -0.2) is 5.78 Å². The van der Waals surface area contributed by atoms with Crippen LogP contribution in [0.2, 0.25) is 5.02 Å². The lowest BCUT2D eigenvalue weighted by Crippen LogP contribution is -2.04. The summed E-state index contributed by atoms with van der Waals surface area (Å²) in [7, 11) is 0. The van der Waals surface area contributed by atoms with Crippen molar-refractivity contribution in [3.05, 3.63) is 68.7 Å². The Morgan fingerprint density at radius 2 is 1.95 bits per heavy atom. The van der Waals surface area contributed by atoms with Crippen LogP contribution in [0.4, 0.5) is 0 Å². The molecule has 0 spiro atoms. The van der Waals surface area contributed by atoms with E-state index in [9.17, 15) is 4.79 Å². The molecule has 3 heteroatoms. The molecule has 2 aromatic rings. The molecule has 0 bridgehead atoms. The normalized spacial score (nSPS) is 10.8. The highest BCUT2D eigenvalue weighted by molar-refractivity contribution is 9.10. The monoisotopic (exact) mass is 350 g/mol. The molecule has 0 amide bonds. The maximum atomic E-state index is 12.6. The Balaban J connectivity index is 2.35. The van der Waals surface area contributed by atoms with E-state index in [-0.39, 0.29) is 5.78 Å². The fourth-order valence-electron chi connectivity index (χ4n) is 2.14. The lowest BCUT2D eigenvalue weighted by atomic mass is 9.97. The van der Waals surface area contributed by atoms with Crippen LogP contribution in [0.3, 0.4) is 0 Å². The molecule has 0 aliphatic heterocycles. The second-order valence-corrected chi connectivity index (χ2v) is 6.57. The summed E-state index contributed by atoms with van der Waals surface area (Å²) in [4.78, 5) is 12.6. The third-order valence-electron chi connectivity index (χ3n) is 3.01. The van der Waals surface area contributed by atoms with Crippen molar-refractivity contribution in [3.8, 4) is 0 Å². The maximum absolute atomic E-state index is 12.6. The molecule has 0 N–H and O–H groups in total. The van der Waals surface area contributed by atoms with E-state index in [0.717, 1.165) is 10.9 Å². The zero-order valence-corrected chi connectivity index (χ0v) is 13.8. The van der Waals surface area contributed by atoms with Crippen molar-refractivity contribution in [1.29, 1.82) is 0 Å². The van der Waals surface area contributed by atoms with Gasteiger partial charge in [-0.2, -0.15) is 0 Å². The van der Waals surface area contributed by atoms with E-state index in [1.165, 1.54) is 5.56 Å². The van der Waals surface area contributed by atoms with Crippen LogP contribution in [0, 0.1) is 5.92 Å². The number of halogens is 2. The molecule has 0 aliphatic rings. The van der Waals surface area contributed by atoms with Gasteiger partial charge < -0.3 is 0 Å². The molecular weight excluding hydrogens is 336 g/mol. The molecule has 1 nitrogen and oxygen atoms in total. The van der Waals surface area contributed by atoms with Gasteiger partial charge in [0.05, 0.1) is 5.02 Å². The second kappa shape index (κ2) is 6.55. The van der Waals surface area contributed by atoms with Crippen molar-refractivity contribution in [2.24, 2.45) is 5.92 Å². The van der Waals surface area contributed by atoms with Crippen LogP contribution >= 0.6 is 27.5 Å². The minimum atomic E-state index is -0.0399. The van der Waals surface area contributed by atoms with Gasteiger partial charge in [-0.3, -0.25) is 4.79 Å². The largest absolute Gasteiger partial charge is 0.289 e. The van der Waals surface area contributed by atoms with Crippen molar-refractivity contribution in [1.82, 2.24) is 0 Å². The van der Waals surface area contributed by atoms with Crippen LogP contribution in [0.5, 0.6) is 0 Å². The average Bonchev–Trinajstić information content (AvgIpc) is 2.40. The number of hydrogen-bond donors (Lipinski definition) is 0. The van der Waals surface area contributed by atoms with E-state index < -0.39 is 0 Å². The van der Waals surface area contributed by atoms with Crippen molar-refractivity contribution in [2.75, 3.05) is 0 Å². The zero-order chi connectivity index (χ0) is 14.7. The van der Waals surface area contributed by atoms with Crippen molar-refractivity contribution in [3.63, 3.8) is 0 Å². The topological polar surface area (TPSA) is 17.1 Å². The van der Waals surface area contributed by atoms with Gasteiger partial charge in [0, 0.05) is 15.6 Å². The van der Waals surface area contributed by atoms with E-state index in [2.05, 4.69) is 35.8 Å². The summed E-state index contributed by atoms with van der Waals surface area (Å²) >= 11 is 9.50. The smallest absolute Gasteiger partial charge is 0.194 e. The maximum Gasteiger partial charge on any atom is 0.194 e. The molecule has 0 heterocycles. The molecule has 0 atom stereocenters. The van der Waals surface area contributed by atoms with Crippen molar-refractivity contribution < 1.29 is 4.79 Å². The van der Waals surface area contributed by atoms with Crippen LogP contribution in [0.1, 0.15) is 35.3 Å². The Morgan fingerprint density at radius 3 is 2.65 bits per heavy atom. The lowest BCUT2D eigenvalue weighted by molar-refractivity contribution is 0.103. The number of carbonyl (C=O) groups is 1. The van der Waals surface area contributed by atoms with Gasteiger partial charge in [0.1, 0.15) is 0 Å². The standard InChI is InChI=1S/C17H16BrClO/c1-11(2)8-12-4-3-5-13(9-12)17(20)15-10-14(18)6-7-16(15)19/h3-7,9-11H,8H2,1-2H3. The highest BCUT2D eigenvalue weighted by Gasteiger charge is 2.14. The number of ketones is 1. The van der Waals surface area contributed by atoms with Gasteiger partial charge in [0.15, 0.2) is 5.78 Å². The van der Waals surface area contributed by atoms with Gasteiger partial charge >= 0.3 is 0 Å². The van der Waals surface area contributed by atoms with Gasteiger partial charge in [0.2, 0.25) is 0 Å². The van der Waals surface area contributed by atoms with Gasteiger partial charge in [-0.05, 0) is 42.2 Å². The fourth-order valence-corrected chi connectivity index (χ4v) is 2.70. The first-order valence-electron chi connectivity index (χ1n) is 6.56. The van der Waals surface area contributed by atoms with Crippen molar-refractivity contribution >= 4 is 33.3 Å². The average molecular weight is 352 g/mol. The summed E-state index contributed by atoms with van der Waals surface area (Å²) in [5.41, 5.74) is 2.39. The number of hydrogen-bond acceptors (Lipinski definition) is 1. The lowest BCUT2D eigenvalue weighted by Gasteiger charge is -2.08. The summed E-state index contributed by atoms with van der Waals surface area (Å²) < 4.78 is 0.851. The van der Waals surface area contributed by atoms with Crippen LogP contribution < -0.4 is 0 Å².